The van der Waals surface area contributed by atoms with Gasteiger partial charge in [0.05, 0.1) is 17.4 Å². The zero-order valence-electron chi connectivity index (χ0n) is 13.4. The van der Waals surface area contributed by atoms with Crippen LogP contribution in [0.4, 0.5) is 5.69 Å². The Hall–Kier alpha value is -2.10. The SMILES string of the molecule is Clc1ccc(C2=NN(c3cccc(Br)c3)[C@@H](c3ccccc3)C2)cc1. The molecule has 0 saturated carbocycles. The smallest absolute Gasteiger partial charge is 0.0831 e. The first-order valence-electron chi connectivity index (χ1n) is 8.14. The van der Waals surface area contributed by atoms with Crippen molar-refractivity contribution in [2.24, 2.45) is 5.10 Å². The Morgan fingerprint density at radius 3 is 2.40 bits per heavy atom. The first-order valence-corrected chi connectivity index (χ1v) is 9.31. The largest absolute Gasteiger partial charge is 0.257 e. The van der Waals surface area contributed by atoms with E-state index in [4.69, 9.17) is 16.7 Å². The Bertz CT molecular complexity index is 907. The van der Waals surface area contributed by atoms with Crippen LogP contribution < -0.4 is 5.01 Å². The van der Waals surface area contributed by atoms with E-state index in [1.807, 2.05) is 42.5 Å². The molecular formula is C21H16BrClN2. The molecule has 0 aromatic heterocycles. The van der Waals surface area contributed by atoms with E-state index in [1.165, 1.54) is 5.56 Å². The van der Waals surface area contributed by atoms with Crippen molar-refractivity contribution in [2.75, 3.05) is 5.01 Å². The monoisotopic (exact) mass is 410 g/mol. The number of hydrazone groups is 1. The number of anilines is 1. The number of halogens is 2. The summed E-state index contributed by atoms with van der Waals surface area (Å²) in [5, 5.41) is 7.80. The van der Waals surface area contributed by atoms with Gasteiger partial charge in [-0.1, -0.05) is 76.1 Å². The van der Waals surface area contributed by atoms with Gasteiger partial charge in [0.1, 0.15) is 0 Å². The summed E-state index contributed by atoms with van der Waals surface area (Å²) in [5.74, 6) is 0. The number of nitrogens with zero attached hydrogens (tertiary/aromatic N) is 2. The Kier molecular flexibility index (Phi) is 4.60. The van der Waals surface area contributed by atoms with Crippen molar-refractivity contribution in [3.8, 4) is 0 Å². The summed E-state index contributed by atoms with van der Waals surface area (Å²) < 4.78 is 1.05. The zero-order valence-corrected chi connectivity index (χ0v) is 15.8. The van der Waals surface area contributed by atoms with Gasteiger partial charge < -0.3 is 0 Å². The standard InChI is InChI=1S/C21H16BrClN2/c22-17-7-4-8-19(13-17)25-21(16-5-2-1-3-6-16)14-20(24-25)15-9-11-18(23)12-10-15/h1-13,21H,14H2/t21-/m1/s1. The van der Waals surface area contributed by atoms with Crippen molar-refractivity contribution in [1.82, 2.24) is 0 Å². The molecule has 0 fully saturated rings. The number of hydrogen-bond donors (Lipinski definition) is 0. The summed E-state index contributed by atoms with van der Waals surface area (Å²) in [6.07, 6.45) is 0.859. The molecule has 0 N–H and O–H groups in total. The van der Waals surface area contributed by atoms with Crippen LogP contribution in [0, 0.1) is 0 Å². The van der Waals surface area contributed by atoms with Gasteiger partial charge in [0.2, 0.25) is 0 Å². The molecule has 0 amide bonds. The Morgan fingerprint density at radius 1 is 0.920 bits per heavy atom. The van der Waals surface area contributed by atoms with Gasteiger partial charge in [-0.2, -0.15) is 5.10 Å². The summed E-state index contributed by atoms with van der Waals surface area (Å²) in [7, 11) is 0. The van der Waals surface area contributed by atoms with Gasteiger partial charge in [0.15, 0.2) is 0 Å². The van der Waals surface area contributed by atoms with E-state index in [2.05, 4.69) is 57.3 Å². The van der Waals surface area contributed by atoms with Crippen molar-refractivity contribution in [3.05, 3.63) is 99.5 Å². The third-order valence-corrected chi connectivity index (χ3v) is 5.09. The number of hydrogen-bond acceptors (Lipinski definition) is 2. The van der Waals surface area contributed by atoms with Gasteiger partial charge in [-0.25, -0.2) is 0 Å². The third-order valence-electron chi connectivity index (χ3n) is 4.34. The average molecular weight is 412 g/mol. The molecule has 0 radical (unpaired) electrons. The van der Waals surface area contributed by atoms with Crippen LogP contribution in [0.2, 0.25) is 5.02 Å². The van der Waals surface area contributed by atoms with E-state index < -0.39 is 0 Å². The van der Waals surface area contributed by atoms with Gasteiger partial charge in [-0.3, -0.25) is 5.01 Å². The lowest BCUT2D eigenvalue weighted by Gasteiger charge is -2.24. The molecule has 3 aromatic rings. The minimum atomic E-state index is 0.182. The van der Waals surface area contributed by atoms with Crippen LogP contribution in [-0.4, -0.2) is 5.71 Å². The van der Waals surface area contributed by atoms with Crippen LogP contribution in [0.1, 0.15) is 23.6 Å². The quantitative estimate of drug-likeness (QED) is 0.483. The lowest BCUT2D eigenvalue weighted by Crippen LogP contribution is -2.18. The van der Waals surface area contributed by atoms with Crippen molar-refractivity contribution in [1.29, 1.82) is 0 Å². The third kappa shape index (κ3) is 3.48. The minimum Gasteiger partial charge on any atom is -0.257 e. The maximum Gasteiger partial charge on any atom is 0.0831 e. The fourth-order valence-corrected chi connectivity index (χ4v) is 3.63. The van der Waals surface area contributed by atoms with E-state index in [0.717, 1.165) is 32.9 Å². The molecule has 4 heteroatoms. The van der Waals surface area contributed by atoms with Gasteiger partial charge in [0.25, 0.3) is 0 Å². The number of benzene rings is 3. The second-order valence-electron chi connectivity index (χ2n) is 6.01. The van der Waals surface area contributed by atoms with Crippen LogP contribution in [0.5, 0.6) is 0 Å². The second-order valence-corrected chi connectivity index (χ2v) is 7.36. The molecule has 0 saturated heterocycles. The highest BCUT2D eigenvalue weighted by Crippen LogP contribution is 2.37. The van der Waals surface area contributed by atoms with E-state index in [-0.39, 0.29) is 6.04 Å². The molecule has 3 aromatic carbocycles. The van der Waals surface area contributed by atoms with Crippen molar-refractivity contribution >= 4 is 38.9 Å². The van der Waals surface area contributed by atoms with Gasteiger partial charge in [-0.15, -0.1) is 0 Å². The predicted molar refractivity (Wildman–Crippen MR) is 108 cm³/mol. The Labute approximate surface area is 160 Å². The van der Waals surface area contributed by atoms with Gasteiger partial charge >= 0.3 is 0 Å². The fourth-order valence-electron chi connectivity index (χ4n) is 3.12. The highest BCUT2D eigenvalue weighted by atomic mass is 79.9. The van der Waals surface area contributed by atoms with E-state index in [1.54, 1.807) is 0 Å². The summed E-state index contributed by atoms with van der Waals surface area (Å²) in [6.45, 7) is 0. The van der Waals surface area contributed by atoms with Gasteiger partial charge in [-0.05, 0) is 41.5 Å². The summed E-state index contributed by atoms with van der Waals surface area (Å²) in [4.78, 5) is 0. The average Bonchev–Trinajstić information content (AvgIpc) is 3.08. The first-order chi connectivity index (χ1) is 12.2. The van der Waals surface area contributed by atoms with Crippen LogP contribution >= 0.6 is 27.5 Å². The van der Waals surface area contributed by atoms with E-state index in [9.17, 15) is 0 Å². The molecule has 1 atom stereocenters. The highest BCUT2D eigenvalue weighted by Gasteiger charge is 2.29. The summed E-state index contributed by atoms with van der Waals surface area (Å²) >= 11 is 9.59. The molecule has 0 spiro atoms. The van der Waals surface area contributed by atoms with Crippen LogP contribution in [0.3, 0.4) is 0 Å². The molecule has 2 nitrogen and oxygen atoms in total. The summed E-state index contributed by atoms with van der Waals surface area (Å²) in [5.41, 5.74) is 4.52. The lowest BCUT2D eigenvalue weighted by molar-refractivity contribution is 0.709. The zero-order chi connectivity index (χ0) is 17.2. The molecule has 1 aliphatic heterocycles. The molecule has 1 aliphatic rings. The maximum atomic E-state index is 6.03. The van der Waals surface area contributed by atoms with Crippen molar-refractivity contribution in [3.63, 3.8) is 0 Å². The van der Waals surface area contributed by atoms with Crippen LogP contribution in [0.15, 0.2) is 88.4 Å². The van der Waals surface area contributed by atoms with Crippen LogP contribution in [-0.2, 0) is 0 Å². The van der Waals surface area contributed by atoms with Crippen molar-refractivity contribution in [2.45, 2.75) is 12.5 Å². The maximum absolute atomic E-state index is 6.03. The van der Waals surface area contributed by atoms with E-state index in [0.29, 0.717) is 0 Å². The topological polar surface area (TPSA) is 15.6 Å². The molecule has 124 valence electrons. The molecule has 0 aliphatic carbocycles. The second kappa shape index (κ2) is 7.03. The van der Waals surface area contributed by atoms with Gasteiger partial charge in [0, 0.05) is 15.9 Å². The molecule has 0 unspecified atom stereocenters. The molecule has 4 rings (SSSR count). The first kappa shape index (κ1) is 16.4. The van der Waals surface area contributed by atoms with Crippen LogP contribution in [0.25, 0.3) is 0 Å². The molecule has 1 heterocycles. The molecule has 0 bridgehead atoms. The Balaban J connectivity index is 1.76. The normalized spacial score (nSPS) is 16.8. The summed E-state index contributed by atoms with van der Waals surface area (Å²) in [6, 6.07) is 26.9. The Morgan fingerprint density at radius 2 is 1.68 bits per heavy atom. The fraction of sp³-hybridized carbons (Fsp3) is 0.0952. The molecular weight excluding hydrogens is 396 g/mol. The van der Waals surface area contributed by atoms with Crippen molar-refractivity contribution < 1.29 is 0 Å². The molecule has 25 heavy (non-hydrogen) atoms. The highest BCUT2D eigenvalue weighted by molar-refractivity contribution is 9.10. The number of rotatable bonds is 3. The minimum absolute atomic E-state index is 0.182. The lowest BCUT2D eigenvalue weighted by atomic mass is 9.98. The van der Waals surface area contributed by atoms with E-state index >= 15 is 0 Å². The predicted octanol–water partition coefficient (Wildman–Crippen LogP) is 6.46.